The van der Waals surface area contributed by atoms with Gasteiger partial charge in [0.05, 0.1) is 6.20 Å². The number of benzene rings is 1. The van der Waals surface area contributed by atoms with E-state index >= 15 is 0 Å². The number of oxazole rings is 1. The Labute approximate surface area is 100 Å². The summed E-state index contributed by atoms with van der Waals surface area (Å²) < 4.78 is 6.53. The SMILES string of the molecule is Cc1ncc(-c2cc(Cl)ccc2I)o1. The van der Waals surface area contributed by atoms with Crippen molar-refractivity contribution < 1.29 is 4.42 Å². The zero-order valence-corrected chi connectivity index (χ0v) is 10.3. The van der Waals surface area contributed by atoms with E-state index in [2.05, 4.69) is 27.6 Å². The summed E-state index contributed by atoms with van der Waals surface area (Å²) in [6.45, 7) is 1.82. The molecule has 0 radical (unpaired) electrons. The number of halogens is 2. The smallest absolute Gasteiger partial charge is 0.191 e. The van der Waals surface area contributed by atoms with Gasteiger partial charge in [0.1, 0.15) is 0 Å². The highest BCUT2D eigenvalue weighted by molar-refractivity contribution is 14.1. The van der Waals surface area contributed by atoms with Crippen LogP contribution < -0.4 is 0 Å². The van der Waals surface area contributed by atoms with Crippen LogP contribution in [0.5, 0.6) is 0 Å². The van der Waals surface area contributed by atoms with Crippen molar-refractivity contribution in [2.75, 3.05) is 0 Å². The van der Waals surface area contributed by atoms with E-state index < -0.39 is 0 Å². The van der Waals surface area contributed by atoms with Gasteiger partial charge in [0, 0.05) is 21.1 Å². The van der Waals surface area contributed by atoms with Gasteiger partial charge in [-0.25, -0.2) is 4.98 Å². The van der Waals surface area contributed by atoms with Crippen LogP contribution in [0.3, 0.4) is 0 Å². The molecule has 0 amide bonds. The normalized spacial score (nSPS) is 10.5. The molecule has 2 nitrogen and oxygen atoms in total. The second-order valence-electron chi connectivity index (χ2n) is 2.87. The molecule has 0 unspecified atom stereocenters. The first kappa shape index (κ1) is 9.98. The lowest BCUT2D eigenvalue weighted by molar-refractivity contribution is 0.534. The Morgan fingerprint density at radius 1 is 1.43 bits per heavy atom. The van der Waals surface area contributed by atoms with Crippen LogP contribution in [0.4, 0.5) is 0 Å². The highest BCUT2D eigenvalue weighted by atomic mass is 127. The maximum absolute atomic E-state index is 5.91. The van der Waals surface area contributed by atoms with Gasteiger partial charge in [-0.1, -0.05) is 11.6 Å². The van der Waals surface area contributed by atoms with E-state index in [0.29, 0.717) is 10.9 Å². The summed E-state index contributed by atoms with van der Waals surface area (Å²) in [5, 5.41) is 0.703. The number of hydrogen-bond donors (Lipinski definition) is 0. The van der Waals surface area contributed by atoms with Crippen molar-refractivity contribution in [3.63, 3.8) is 0 Å². The van der Waals surface area contributed by atoms with Crippen LogP contribution in [-0.2, 0) is 0 Å². The lowest BCUT2D eigenvalue weighted by Crippen LogP contribution is -1.79. The second kappa shape index (κ2) is 3.90. The van der Waals surface area contributed by atoms with Crippen LogP contribution in [0.25, 0.3) is 11.3 Å². The Balaban J connectivity index is 2.55. The summed E-state index contributed by atoms with van der Waals surface area (Å²) in [7, 11) is 0. The van der Waals surface area contributed by atoms with Gasteiger partial charge in [-0.3, -0.25) is 0 Å². The van der Waals surface area contributed by atoms with Crippen molar-refractivity contribution in [3.05, 3.63) is 38.9 Å². The van der Waals surface area contributed by atoms with Gasteiger partial charge in [-0.15, -0.1) is 0 Å². The average molecular weight is 320 g/mol. The molecule has 0 saturated heterocycles. The van der Waals surface area contributed by atoms with Gasteiger partial charge in [0.2, 0.25) is 0 Å². The minimum Gasteiger partial charge on any atom is -0.441 e. The summed E-state index contributed by atoms with van der Waals surface area (Å²) >= 11 is 8.15. The van der Waals surface area contributed by atoms with Crippen LogP contribution in [0, 0.1) is 10.5 Å². The van der Waals surface area contributed by atoms with E-state index in [4.69, 9.17) is 16.0 Å². The molecule has 0 spiro atoms. The van der Waals surface area contributed by atoms with Crippen LogP contribution in [0.2, 0.25) is 5.02 Å². The molecule has 2 rings (SSSR count). The van der Waals surface area contributed by atoms with E-state index in [0.717, 1.165) is 14.9 Å². The molecule has 0 aliphatic heterocycles. The van der Waals surface area contributed by atoms with Crippen LogP contribution in [0.1, 0.15) is 5.89 Å². The van der Waals surface area contributed by atoms with E-state index in [1.807, 2.05) is 25.1 Å². The topological polar surface area (TPSA) is 26.0 Å². The molecular formula is C10H7ClINO. The molecule has 0 aliphatic carbocycles. The third kappa shape index (κ3) is 1.93. The zero-order valence-electron chi connectivity index (χ0n) is 7.42. The Morgan fingerprint density at radius 2 is 2.21 bits per heavy atom. The molecule has 4 heteroatoms. The van der Waals surface area contributed by atoms with Gasteiger partial charge in [-0.05, 0) is 40.8 Å². The third-order valence-electron chi connectivity index (χ3n) is 1.82. The first-order chi connectivity index (χ1) is 6.66. The summed E-state index contributed by atoms with van der Waals surface area (Å²) in [4.78, 5) is 4.05. The second-order valence-corrected chi connectivity index (χ2v) is 4.47. The molecule has 0 saturated carbocycles. The quantitative estimate of drug-likeness (QED) is 0.745. The minimum absolute atomic E-state index is 0.663. The lowest BCUT2D eigenvalue weighted by Gasteiger charge is -2.00. The van der Waals surface area contributed by atoms with Gasteiger partial charge in [-0.2, -0.15) is 0 Å². The monoisotopic (exact) mass is 319 g/mol. The number of nitrogens with zero attached hydrogens (tertiary/aromatic N) is 1. The van der Waals surface area contributed by atoms with Crippen LogP contribution >= 0.6 is 34.2 Å². The molecule has 1 aromatic heterocycles. The molecular weight excluding hydrogens is 312 g/mol. The number of aromatic nitrogens is 1. The number of rotatable bonds is 1. The minimum atomic E-state index is 0.663. The average Bonchev–Trinajstić information content (AvgIpc) is 2.56. The molecule has 0 N–H and O–H groups in total. The first-order valence-corrected chi connectivity index (χ1v) is 5.50. The van der Waals surface area contributed by atoms with Crippen LogP contribution in [0.15, 0.2) is 28.8 Å². The molecule has 1 heterocycles. The molecule has 0 aliphatic rings. The van der Waals surface area contributed by atoms with Gasteiger partial charge in [0.25, 0.3) is 0 Å². The van der Waals surface area contributed by atoms with E-state index in [1.54, 1.807) is 6.20 Å². The molecule has 0 fully saturated rings. The highest BCUT2D eigenvalue weighted by Crippen LogP contribution is 2.28. The fraction of sp³-hybridized carbons (Fsp3) is 0.100. The number of hydrogen-bond acceptors (Lipinski definition) is 2. The molecule has 14 heavy (non-hydrogen) atoms. The van der Waals surface area contributed by atoms with Gasteiger partial charge in [0.15, 0.2) is 11.7 Å². The van der Waals surface area contributed by atoms with Crippen molar-refractivity contribution in [2.45, 2.75) is 6.92 Å². The Kier molecular flexibility index (Phi) is 2.78. The molecule has 72 valence electrons. The van der Waals surface area contributed by atoms with E-state index in [1.165, 1.54) is 0 Å². The molecule has 0 bridgehead atoms. The maximum Gasteiger partial charge on any atom is 0.191 e. The zero-order chi connectivity index (χ0) is 10.1. The maximum atomic E-state index is 5.91. The summed E-state index contributed by atoms with van der Waals surface area (Å²) in [6.07, 6.45) is 1.71. The fourth-order valence-electron chi connectivity index (χ4n) is 1.17. The Hall–Kier alpha value is -0.550. The highest BCUT2D eigenvalue weighted by Gasteiger charge is 2.08. The lowest BCUT2D eigenvalue weighted by atomic mass is 10.2. The molecule has 1 aromatic carbocycles. The van der Waals surface area contributed by atoms with Crippen LogP contribution in [-0.4, -0.2) is 4.98 Å². The van der Waals surface area contributed by atoms with Crippen molar-refractivity contribution >= 4 is 34.2 Å². The van der Waals surface area contributed by atoms with E-state index in [9.17, 15) is 0 Å². The molecule has 2 aromatic rings. The molecule has 0 atom stereocenters. The summed E-state index contributed by atoms with van der Waals surface area (Å²) in [5.74, 6) is 1.42. The predicted molar refractivity (Wildman–Crippen MR) is 64.4 cm³/mol. The fourth-order valence-corrected chi connectivity index (χ4v) is 1.95. The van der Waals surface area contributed by atoms with Crippen molar-refractivity contribution in [1.82, 2.24) is 4.98 Å². The third-order valence-corrected chi connectivity index (χ3v) is 2.99. The summed E-state index contributed by atoms with van der Waals surface area (Å²) in [6, 6.07) is 5.69. The standard InChI is InChI=1S/C10H7ClINO/c1-6-13-5-10(14-6)8-4-7(11)2-3-9(8)12/h2-5H,1H3. The predicted octanol–water partition coefficient (Wildman–Crippen LogP) is 3.91. The Morgan fingerprint density at radius 3 is 2.86 bits per heavy atom. The van der Waals surface area contributed by atoms with E-state index in [-0.39, 0.29) is 0 Å². The number of aryl methyl sites for hydroxylation is 1. The van der Waals surface area contributed by atoms with Gasteiger partial charge < -0.3 is 4.42 Å². The summed E-state index contributed by atoms with van der Waals surface area (Å²) in [5.41, 5.74) is 0.985. The Bertz CT molecular complexity index is 467. The largest absolute Gasteiger partial charge is 0.441 e. The first-order valence-electron chi connectivity index (χ1n) is 4.04. The van der Waals surface area contributed by atoms with Crippen molar-refractivity contribution in [2.24, 2.45) is 0 Å². The van der Waals surface area contributed by atoms with Crippen molar-refractivity contribution in [1.29, 1.82) is 0 Å². The van der Waals surface area contributed by atoms with Gasteiger partial charge >= 0.3 is 0 Å². The van der Waals surface area contributed by atoms with Crippen molar-refractivity contribution in [3.8, 4) is 11.3 Å².